The summed E-state index contributed by atoms with van der Waals surface area (Å²) in [7, 11) is 0. The molecule has 3 nitrogen and oxygen atoms in total. The average molecular weight is 289 g/mol. The van der Waals surface area contributed by atoms with E-state index in [1.807, 2.05) is 24.3 Å². The predicted octanol–water partition coefficient (Wildman–Crippen LogP) is 3.83. The Morgan fingerprint density at radius 2 is 2.00 bits per heavy atom. The van der Waals surface area contributed by atoms with E-state index in [9.17, 15) is 4.79 Å². The zero-order valence-electron chi connectivity index (χ0n) is 13.3. The smallest absolute Gasteiger partial charge is 0.170 e. The van der Waals surface area contributed by atoms with Crippen molar-refractivity contribution in [2.75, 3.05) is 19.7 Å². The maximum absolute atomic E-state index is 13.0. The molecule has 1 aromatic rings. The van der Waals surface area contributed by atoms with Crippen LogP contribution in [-0.2, 0) is 0 Å². The molecule has 3 heteroatoms. The minimum absolute atomic E-state index is 0.210. The molecule has 1 aromatic carbocycles. The maximum Gasteiger partial charge on any atom is 0.170 e. The van der Waals surface area contributed by atoms with Gasteiger partial charge in [0, 0.05) is 17.5 Å². The van der Waals surface area contributed by atoms with Crippen LogP contribution in [0.15, 0.2) is 24.3 Å². The van der Waals surface area contributed by atoms with Crippen LogP contribution >= 0.6 is 0 Å². The van der Waals surface area contributed by atoms with E-state index in [-0.39, 0.29) is 5.41 Å². The fraction of sp³-hybridized carbons (Fsp3) is 0.611. The topological polar surface area (TPSA) is 38.3 Å². The van der Waals surface area contributed by atoms with Crippen LogP contribution in [0, 0.1) is 5.41 Å². The highest BCUT2D eigenvalue weighted by molar-refractivity contribution is 6.00. The van der Waals surface area contributed by atoms with Crippen molar-refractivity contribution < 1.29 is 9.53 Å². The molecule has 0 radical (unpaired) electrons. The van der Waals surface area contributed by atoms with E-state index in [0.29, 0.717) is 5.78 Å². The Bertz CT molecular complexity index is 441. The highest BCUT2D eigenvalue weighted by Gasteiger charge is 2.38. The molecular weight excluding hydrogens is 262 g/mol. The monoisotopic (exact) mass is 289 g/mol. The van der Waals surface area contributed by atoms with Gasteiger partial charge in [0.1, 0.15) is 5.75 Å². The number of ketones is 1. The first kappa shape index (κ1) is 16.0. The van der Waals surface area contributed by atoms with Crippen molar-refractivity contribution in [2.45, 2.75) is 46.0 Å². The minimum atomic E-state index is -0.210. The maximum atomic E-state index is 13.0. The van der Waals surface area contributed by atoms with Crippen LogP contribution in [0.2, 0.25) is 0 Å². The predicted molar refractivity (Wildman–Crippen MR) is 86.0 cm³/mol. The lowest BCUT2D eigenvalue weighted by Crippen LogP contribution is -2.45. The Labute approximate surface area is 128 Å². The molecule has 0 saturated carbocycles. The number of carbonyl (C=O) groups is 1. The Morgan fingerprint density at radius 1 is 1.24 bits per heavy atom. The van der Waals surface area contributed by atoms with E-state index in [1.165, 1.54) is 0 Å². The average Bonchev–Trinajstić information content (AvgIpc) is 2.54. The molecule has 1 atom stereocenters. The number of Topliss-reactive ketones (excluding diaryl/α,β-unsaturated/α-hetero) is 1. The van der Waals surface area contributed by atoms with Crippen LogP contribution in [0.4, 0.5) is 0 Å². The molecule has 1 aliphatic rings. The van der Waals surface area contributed by atoms with Crippen molar-refractivity contribution in [3.63, 3.8) is 0 Å². The molecule has 0 spiro atoms. The van der Waals surface area contributed by atoms with Crippen molar-refractivity contribution in [3.05, 3.63) is 29.8 Å². The minimum Gasteiger partial charge on any atom is -0.494 e. The van der Waals surface area contributed by atoms with Crippen LogP contribution < -0.4 is 10.1 Å². The molecular formula is C18H27NO2. The van der Waals surface area contributed by atoms with Crippen LogP contribution in [0.3, 0.4) is 0 Å². The SMILES string of the molecule is CCCOc1ccc(C(=O)C2(CCC)CCCNC2)cc1. The van der Waals surface area contributed by atoms with Gasteiger partial charge in [0.15, 0.2) is 5.78 Å². The molecule has 1 fully saturated rings. The fourth-order valence-electron chi connectivity index (χ4n) is 3.20. The highest BCUT2D eigenvalue weighted by Crippen LogP contribution is 2.35. The fourth-order valence-corrected chi connectivity index (χ4v) is 3.20. The third-order valence-corrected chi connectivity index (χ3v) is 4.27. The number of hydrogen-bond donors (Lipinski definition) is 1. The van der Waals surface area contributed by atoms with Crippen LogP contribution in [0.1, 0.15) is 56.3 Å². The van der Waals surface area contributed by atoms with Gasteiger partial charge < -0.3 is 10.1 Å². The van der Waals surface area contributed by atoms with Gasteiger partial charge in [0.05, 0.1) is 6.61 Å². The van der Waals surface area contributed by atoms with E-state index < -0.39 is 0 Å². The zero-order valence-corrected chi connectivity index (χ0v) is 13.3. The second-order valence-electron chi connectivity index (χ2n) is 6.01. The van der Waals surface area contributed by atoms with Crippen molar-refractivity contribution in [2.24, 2.45) is 5.41 Å². The number of piperidine rings is 1. The van der Waals surface area contributed by atoms with E-state index in [4.69, 9.17) is 4.74 Å². The first-order chi connectivity index (χ1) is 10.2. The summed E-state index contributed by atoms with van der Waals surface area (Å²) in [5.41, 5.74) is 0.606. The summed E-state index contributed by atoms with van der Waals surface area (Å²) in [5, 5.41) is 3.40. The van der Waals surface area contributed by atoms with Gasteiger partial charge in [-0.2, -0.15) is 0 Å². The molecule has 1 N–H and O–H groups in total. The van der Waals surface area contributed by atoms with Crippen molar-refractivity contribution in [1.82, 2.24) is 5.32 Å². The van der Waals surface area contributed by atoms with Gasteiger partial charge in [-0.25, -0.2) is 0 Å². The third kappa shape index (κ3) is 3.85. The second-order valence-corrected chi connectivity index (χ2v) is 6.01. The van der Waals surface area contributed by atoms with E-state index in [1.54, 1.807) is 0 Å². The number of benzene rings is 1. The highest BCUT2D eigenvalue weighted by atomic mass is 16.5. The van der Waals surface area contributed by atoms with E-state index in [0.717, 1.165) is 63.1 Å². The summed E-state index contributed by atoms with van der Waals surface area (Å²) in [6.07, 6.45) is 5.09. The molecule has 0 bridgehead atoms. The molecule has 1 aliphatic heterocycles. The largest absolute Gasteiger partial charge is 0.494 e. The van der Waals surface area contributed by atoms with Gasteiger partial charge in [-0.3, -0.25) is 4.79 Å². The van der Waals surface area contributed by atoms with E-state index >= 15 is 0 Å². The molecule has 0 aliphatic carbocycles. The zero-order chi connectivity index (χ0) is 15.1. The lowest BCUT2D eigenvalue weighted by Gasteiger charge is -2.36. The normalized spacial score (nSPS) is 22.0. The molecule has 1 saturated heterocycles. The van der Waals surface area contributed by atoms with Gasteiger partial charge in [-0.1, -0.05) is 20.3 Å². The van der Waals surface area contributed by atoms with Crippen molar-refractivity contribution in [1.29, 1.82) is 0 Å². The first-order valence-electron chi connectivity index (χ1n) is 8.20. The number of carbonyl (C=O) groups excluding carboxylic acids is 1. The second kappa shape index (κ2) is 7.60. The number of rotatable bonds is 7. The van der Waals surface area contributed by atoms with Gasteiger partial charge in [-0.05, 0) is 56.5 Å². The van der Waals surface area contributed by atoms with Gasteiger partial charge >= 0.3 is 0 Å². The number of nitrogens with one attached hydrogen (secondary N) is 1. The van der Waals surface area contributed by atoms with E-state index in [2.05, 4.69) is 19.2 Å². The standard InChI is InChI=1S/C18H27NO2/c1-3-10-18(11-5-12-19-14-18)17(20)15-6-8-16(9-7-15)21-13-4-2/h6-9,19H,3-5,10-14H2,1-2H3. The molecule has 1 unspecified atom stereocenters. The summed E-state index contributed by atoms with van der Waals surface area (Å²) in [5.74, 6) is 1.14. The van der Waals surface area contributed by atoms with Gasteiger partial charge in [-0.15, -0.1) is 0 Å². The number of hydrogen-bond acceptors (Lipinski definition) is 3. The summed E-state index contributed by atoms with van der Waals surface area (Å²) >= 11 is 0. The molecule has 2 rings (SSSR count). The van der Waals surface area contributed by atoms with Crippen LogP contribution in [0.5, 0.6) is 5.75 Å². The molecule has 0 amide bonds. The Hall–Kier alpha value is -1.35. The van der Waals surface area contributed by atoms with Gasteiger partial charge in [0.2, 0.25) is 0 Å². The third-order valence-electron chi connectivity index (χ3n) is 4.27. The lowest BCUT2D eigenvalue weighted by atomic mass is 9.71. The molecule has 116 valence electrons. The van der Waals surface area contributed by atoms with Crippen molar-refractivity contribution in [3.8, 4) is 5.75 Å². The Morgan fingerprint density at radius 3 is 2.57 bits per heavy atom. The molecule has 0 aromatic heterocycles. The summed E-state index contributed by atoms with van der Waals surface area (Å²) < 4.78 is 5.58. The van der Waals surface area contributed by atoms with Crippen molar-refractivity contribution >= 4 is 5.78 Å². The lowest BCUT2D eigenvalue weighted by molar-refractivity contribution is 0.0718. The van der Waals surface area contributed by atoms with Crippen LogP contribution in [-0.4, -0.2) is 25.5 Å². The quantitative estimate of drug-likeness (QED) is 0.775. The van der Waals surface area contributed by atoms with Crippen LogP contribution in [0.25, 0.3) is 0 Å². The Kier molecular flexibility index (Phi) is 5.80. The molecule has 21 heavy (non-hydrogen) atoms. The summed E-state index contributed by atoms with van der Waals surface area (Å²) in [6, 6.07) is 7.66. The number of ether oxygens (including phenoxy) is 1. The molecule has 1 heterocycles. The summed E-state index contributed by atoms with van der Waals surface area (Å²) in [4.78, 5) is 13.0. The summed E-state index contributed by atoms with van der Waals surface area (Å²) in [6.45, 7) is 6.81. The van der Waals surface area contributed by atoms with Gasteiger partial charge in [0.25, 0.3) is 0 Å². The Balaban J connectivity index is 2.12. The first-order valence-corrected chi connectivity index (χ1v) is 8.20.